The monoisotopic (exact) mass is 553 g/mol. The van der Waals surface area contributed by atoms with E-state index in [0.717, 1.165) is 0 Å². The smallest absolute Gasteiger partial charge is 0.326 e. The number of carbonyl (C=O) groups excluding carboxylic acids is 4. The quantitative estimate of drug-likeness (QED) is 0.205. The number of carbonyl (C=O) groups is 5. The number of carboxylic acids is 1. The van der Waals surface area contributed by atoms with Crippen molar-refractivity contribution in [2.24, 2.45) is 29.4 Å². The Morgan fingerprint density at radius 2 is 1.28 bits per heavy atom. The predicted molar refractivity (Wildman–Crippen MR) is 149 cm³/mol. The third-order valence-corrected chi connectivity index (χ3v) is 6.79. The fourth-order valence-electron chi connectivity index (χ4n) is 4.83. The van der Waals surface area contributed by atoms with Crippen LogP contribution in [0.4, 0.5) is 0 Å². The first-order chi connectivity index (χ1) is 18.0. The summed E-state index contributed by atoms with van der Waals surface area (Å²) < 4.78 is 0. The second-order valence-corrected chi connectivity index (χ2v) is 12.4. The maximum Gasteiger partial charge on any atom is 0.326 e. The van der Waals surface area contributed by atoms with E-state index in [1.165, 1.54) is 4.90 Å². The van der Waals surface area contributed by atoms with E-state index in [1.54, 1.807) is 13.8 Å². The van der Waals surface area contributed by atoms with Crippen LogP contribution in [0, 0.1) is 23.7 Å². The van der Waals surface area contributed by atoms with Gasteiger partial charge >= 0.3 is 5.97 Å². The molecule has 0 bridgehead atoms. The molecular formula is C28H51N5O6. The van der Waals surface area contributed by atoms with E-state index in [1.807, 2.05) is 41.5 Å². The lowest BCUT2D eigenvalue weighted by molar-refractivity contribution is -0.149. The van der Waals surface area contributed by atoms with Crippen LogP contribution >= 0.6 is 0 Å². The highest BCUT2D eigenvalue weighted by Gasteiger charge is 2.39. The lowest BCUT2D eigenvalue weighted by atomic mass is 9.97. The lowest BCUT2D eigenvalue weighted by Crippen LogP contribution is -2.60. The summed E-state index contributed by atoms with van der Waals surface area (Å²) in [5, 5.41) is 17.8. The fraction of sp³-hybridized carbons (Fsp3) is 0.821. The van der Waals surface area contributed by atoms with Crippen LogP contribution in [0.3, 0.4) is 0 Å². The minimum Gasteiger partial charge on any atom is -0.480 e. The molecule has 11 heteroatoms. The summed E-state index contributed by atoms with van der Waals surface area (Å²) in [4.78, 5) is 65.7. The summed E-state index contributed by atoms with van der Waals surface area (Å²) in [5.74, 6) is -2.91. The molecule has 1 aliphatic heterocycles. The standard InChI is InChI=1S/C28H51N5O6/c1-15(2)12-19(29)24(34)30-20(13-16(3)4)25(35)32-23(18(7)8)26(36)31-21(14-17(5)6)27(37)33-11-9-10-22(33)28(38)39/h15-23H,9-14,29H2,1-8H3,(H,30,34)(H,31,36)(H,32,35)(H,38,39)/t19-,20-,21-,22-,23-/m0/s1. The summed E-state index contributed by atoms with van der Waals surface area (Å²) in [6, 6.07) is -4.42. The molecule has 0 spiro atoms. The van der Waals surface area contributed by atoms with Crippen LogP contribution in [0.1, 0.15) is 87.5 Å². The van der Waals surface area contributed by atoms with Gasteiger partial charge in [0.2, 0.25) is 23.6 Å². The van der Waals surface area contributed by atoms with Crippen molar-refractivity contribution in [2.75, 3.05) is 6.54 Å². The number of nitrogens with two attached hydrogens (primary N) is 1. The van der Waals surface area contributed by atoms with Gasteiger partial charge in [-0.3, -0.25) is 19.2 Å². The molecule has 1 heterocycles. The average molecular weight is 554 g/mol. The SMILES string of the molecule is CC(C)C[C@H](NC(=O)[C@@H](N)CC(C)C)C(=O)N[C@H](C(=O)N[C@@H](CC(C)C)C(=O)N1CCC[C@H]1C(=O)O)C(C)C. The molecular weight excluding hydrogens is 502 g/mol. The van der Waals surface area contributed by atoms with Crippen LogP contribution in [0.15, 0.2) is 0 Å². The van der Waals surface area contributed by atoms with Crippen molar-refractivity contribution in [3.05, 3.63) is 0 Å². The molecule has 5 atom stereocenters. The van der Waals surface area contributed by atoms with E-state index in [4.69, 9.17) is 5.73 Å². The molecule has 0 aromatic carbocycles. The maximum absolute atomic E-state index is 13.4. The topological polar surface area (TPSA) is 171 Å². The van der Waals surface area contributed by atoms with E-state index in [-0.39, 0.29) is 23.7 Å². The molecule has 11 nitrogen and oxygen atoms in total. The molecule has 224 valence electrons. The summed E-state index contributed by atoms with van der Waals surface area (Å²) >= 11 is 0. The minimum absolute atomic E-state index is 0.0536. The Balaban J connectivity index is 3.07. The van der Waals surface area contributed by atoms with Crippen molar-refractivity contribution >= 4 is 29.6 Å². The highest BCUT2D eigenvalue weighted by atomic mass is 16.4. The van der Waals surface area contributed by atoms with E-state index >= 15 is 0 Å². The molecule has 0 aromatic heterocycles. The Morgan fingerprint density at radius 1 is 0.769 bits per heavy atom. The van der Waals surface area contributed by atoms with Gasteiger partial charge < -0.3 is 31.7 Å². The Labute approximate surface area is 233 Å². The third kappa shape index (κ3) is 11.1. The molecule has 1 aliphatic rings. The number of nitrogens with zero attached hydrogens (tertiary/aromatic N) is 1. The lowest BCUT2D eigenvalue weighted by Gasteiger charge is -2.31. The molecule has 6 N–H and O–H groups in total. The third-order valence-electron chi connectivity index (χ3n) is 6.79. The number of carboxylic acid groups (broad SMARTS) is 1. The van der Waals surface area contributed by atoms with Crippen molar-refractivity contribution in [3.63, 3.8) is 0 Å². The largest absolute Gasteiger partial charge is 0.480 e. The van der Waals surface area contributed by atoms with Crippen molar-refractivity contribution in [1.29, 1.82) is 0 Å². The Bertz CT molecular complexity index is 859. The molecule has 4 amide bonds. The number of likely N-dealkylation sites (tertiary alicyclic amines) is 1. The highest BCUT2D eigenvalue weighted by Crippen LogP contribution is 2.21. The van der Waals surface area contributed by atoms with Gasteiger partial charge in [0.15, 0.2) is 0 Å². The molecule has 0 aliphatic carbocycles. The molecule has 0 saturated carbocycles. The van der Waals surface area contributed by atoms with Gasteiger partial charge in [0.1, 0.15) is 24.2 Å². The van der Waals surface area contributed by atoms with Crippen molar-refractivity contribution < 1.29 is 29.1 Å². The zero-order valence-corrected chi connectivity index (χ0v) is 25.0. The number of hydrogen-bond acceptors (Lipinski definition) is 6. The first-order valence-electron chi connectivity index (χ1n) is 14.2. The summed E-state index contributed by atoms with van der Waals surface area (Å²) in [6.45, 7) is 15.5. The summed E-state index contributed by atoms with van der Waals surface area (Å²) in [5.41, 5.74) is 6.02. The Kier molecular flexibility index (Phi) is 13.9. The Hall–Kier alpha value is -2.69. The predicted octanol–water partition coefficient (Wildman–Crippen LogP) is 1.64. The van der Waals surface area contributed by atoms with E-state index in [0.29, 0.717) is 38.6 Å². The van der Waals surface area contributed by atoms with Gasteiger partial charge in [0, 0.05) is 6.54 Å². The molecule has 1 fully saturated rings. The van der Waals surface area contributed by atoms with Crippen molar-refractivity contribution in [3.8, 4) is 0 Å². The number of aliphatic carboxylic acids is 1. The second kappa shape index (κ2) is 15.8. The highest BCUT2D eigenvalue weighted by molar-refractivity contribution is 5.95. The first-order valence-corrected chi connectivity index (χ1v) is 14.2. The molecule has 39 heavy (non-hydrogen) atoms. The van der Waals surface area contributed by atoms with Crippen LogP contribution in [0.25, 0.3) is 0 Å². The van der Waals surface area contributed by atoms with Crippen LogP contribution in [0.5, 0.6) is 0 Å². The van der Waals surface area contributed by atoms with Gasteiger partial charge in [0.05, 0.1) is 6.04 Å². The zero-order valence-electron chi connectivity index (χ0n) is 25.0. The second-order valence-electron chi connectivity index (χ2n) is 12.4. The van der Waals surface area contributed by atoms with Crippen LogP contribution in [-0.2, 0) is 24.0 Å². The van der Waals surface area contributed by atoms with Gasteiger partial charge in [-0.25, -0.2) is 4.79 Å². The van der Waals surface area contributed by atoms with E-state index in [9.17, 15) is 29.1 Å². The number of rotatable bonds is 15. The van der Waals surface area contributed by atoms with Gasteiger partial charge in [-0.1, -0.05) is 55.4 Å². The maximum atomic E-state index is 13.4. The number of hydrogen-bond donors (Lipinski definition) is 5. The van der Waals surface area contributed by atoms with E-state index < -0.39 is 59.8 Å². The molecule has 1 saturated heterocycles. The van der Waals surface area contributed by atoms with Gasteiger partial charge in [-0.05, 0) is 55.8 Å². The van der Waals surface area contributed by atoms with Gasteiger partial charge in [0.25, 0.3) is 0 Å². The zero-order chi connectivity index (χ0) is 30.0. The molecule has 0 unspecified atom stereocenters. The van der Waals surface area contributed by atoms with Gasteiger partial charge in [-0.15, -0.1) is 0 Å². The molecule has 1 rings (SSSR count). The van der Waals surface area contributed by atoms with Crippen molar-refractivity contribution in [1.82, 2.24) is 20.9 Å². The number of amides is 4. The molecule has 0 radical (unpaired) electrons. The summed E-state index contributed by atoms with van der Waals surface area (Å²) in [6.07, 6.45) is 2.12. The minimum atomic E-state index is -1.06. The first kappa shape index (κ1) is 34.3. The van der Waals surface area contributed by atoms with Crippen molar-refractivity contribution in [2.45, 2.75) is 118 Å². The van der Waals surface area contributed by atoms with Gasteiger partial charge in [-0.2, -0.15) is 0 Å². The van der Waals surface area contributed by atoms with E-state index in [2.05, 4.69) is 16.0 Å². The normalized spacial score (nSPS) is 18.7. The Morgan fingerprint density at radius 3 is 1.77 bits per heavy atom. The molecule has 0 aromatic rings. The summed E-state index contributed by atoms with van der Waals surface area (Å²) in [7, 11) is 0. The van der Waals surface area contributed by atoms with Crippen LogP contribution in [0.2, 0.25) is 0 Å². The van der Waals surface area contributed by atoms with Crippen LogP contribution < -0.4 is 21.7 Å². The van der Waals surface area contributed by atoms with Crippen LogP contribution in [-0.4, -0.2) is 76.4 Å². The number of nitrogens with one attached hydrogen (secondary N) is 3. The average Bonchev–Trinajstić information content (AvgIpc) is 3.30. The fourth-order valence-corrected chi connectivity index (χ4v) is 4.83.